The Morgan fingerprint density at radius 3 is 2.83 bits per heavy atom. The van der Waals surface area contributed by atoms with E-state index in [-0.39, 0.29) is 18.1 Å². The number of aromatic nitrogens is 1. The van der Waals surface area contributed by atoms with Crippen molar-refractivity contribution in [1.29, 1.82) is 0 Å². The number of hydrogen-bond acceptors (Lipinski definition) is 8. The zero-order valence-electron chi connectivity index (χ0n) is 19.4. The number of nitrogens with one attached hydrogen (secondary N) is 1. The minimum atomic E-state index is -0.652. The first kappa shape index (κ1) is 23.6. The fourth-order valence-electron chi connectivity index (χ4n) is 4.10. The van der Waals surface area contributed by atoms with Crippen LogP contribution in [-0.2, 0) is 16.1 Å². The summed E-state index contributed by atoms with van der Waals surface area (Å²) in [5.74, 6) is 0.240. The molecule has 4 aromatic rings. The molecule has 0 aliphatic carbocycles. The number of hydrogen-bond donors (Lipinski definition) is 1. The van der Waals surface area contributed by atoms with E-state index in [0.29, 0.717) is 41.5 Å². The molecule has 1 saturated heterocycles. The number of methoxy groups -OCH3 is 1. The Morgan fingerprint density at radius 1 is 1.19 bits per heavy atom. The predicted octanol–water partition coefficient (Wildman–Crippen LogP) is 4.66. The summed E-state index contributed by atoms with van der Waals surface area (Å²) in [4.78, 5) is 44.0. The number of amides is 2. The minimum Gasteiger partial charge on any atom is -0.497 e. The minimum absolute atomic E-state index is 0.140. The van der Waals surface area contributed by atoms with Gasteiger partial charge in [-0.05, 0) is 36.6 Å². The Bertz CT molecular complexity index is 1470. The number of thiazole rings is 1. The molecule has 0 spiro atoms. The molecular formula is C26H23N3O6S. The fourth-order valence-corrected chi connectivity index (χ4v) is 4.81. The van der Waals surface area contributed by atoms with Crippen LogP contribution in [-0.4, -0.2) is 41.6 Å². The highest BCUT2D eigenvalue weighted by Crippen LogP contribution is 2.28. The Balaban J connectivity index is 1.26. The lowest BCUT2D eigenvalue weighted by Gasteiger charge is -2.22. The first-order valence-corrected chi connectivity index (χ1v) is 12.3. The molecule has 0 bridgehead atoms. The van der Waals surface area contributed by atoms with Gasteiger partial charge < -0.3 is 19.2 Å². The summed E-state index contributed by atoms with van der Waals surface area (Å²) >= 11 is 1.19. The lowest BCUT2D eigenvalue weighted by molar-refractivity contribution is -0.120. The maximum Gasteiger partial charge on any atom is 0.410 e. The quantitative estimate of drug-likeness (QED) is 0.379. The summed E-state index contributed by atoms with van der Waals surface area (Å²) in [6.07, 6.45) is 0.703. The van der Waals surface area contributed by atoms with E-state index < -0.39 is 17.8 Å². The van der Waals surface area contributed by atoms with Crippen molar-refractivity contribution < 1.29 is 23.5 Å². The highest BCUT2D eigenvalue weighted by Gasteiger charge is 2.35. The van der Waals surface area contributed by atoms with Crippen LogP contribution in [0.4, 0.5) is 9.93 Å². The van der Waals surface area contributed by atoms with Crippen LogP contribution in [0.5, 0.6) is 5.75 Å². The summed E-state index contributed by atoms with van der Waals surface area (Å²) < 4.78 is 16.0. The Hall–Kier alpha value is -4.18. The van der Waals surface area contributed by atoms with E-state index in [1.54, 1.807) is 29.6 Å². The standard InChI is InChI=1S/C26H23N3O6S/c1-33-18-10-9-17-12-19(24(31)35-22(17)13-18)20-15-36-25(27-20)28-23(30)21-8-5-11-29(21)26(32)34-14-16-6-3-2-4-7-16/h2-4,6-7,9-10,12-13,15,21H,5,8,11,14H2,1H3,(H,27,28,30)/t21-/m0/s1. The van der Waals surface area contributed by atoms with Gasteiger partial charge in [-0.2, -0.15) is 0 Å². The largest absolute Gasteiger partial charge is 0.497 e. The fraction of sp³-hybridized carbons (Fsp3) is 0.231. The number of anilines is 1. The van der Waals surface area contributed by atoms with E-state index in [9.17, 15) is 14.4 Å². The molecule has 2 amide bonds. The number of likely N-dealkylation sites (tertiary alicyclic amines) is 1. The van der Waals surface area contributed by atoms with Crippen LogP contribution < -0.4 is 15.7 Å². The van der Waals surface area contributed by atoms with Gasteiger partial charge >= 0.3 is 11.7 Å². The highest BCUT2D eigenvalue weighted by molar-refractivity contribution is 7.14. The number of fused-ring (bicyclic) bond motifs is 1. The van der Waals surface area contributed by atoms with Crippen LogP contribution in [0.1, 0.15) is 18.4 Å². The molecule has 0 saturated carbocycles. The van der Waals surface area contributed by atoms with Crippen molar-refractivity contribution in [2.75, 3.05) is 19.0 Å². The van der Waals surface area contributed by atoms with Gasteiger partial charge in [-0.3, -0.25) is 9.69 Å². The lowest BCUT2D eigenvalue weighted by Crippen LogP contribution is -2.43. The van der Waals surface area contributed by atoms with Crippen LogP contribution in [0, 0.1) is 0 Å². The van der Waals surface area contributed by atoms with Gasteiger partial charge in [0.1, 0.15) is 24.0 Å². The third kappa shape index (κ3) is 4.94. The lowest BCUT2D eigenvalue weighted by atomic mass is 10.1. The summed E-state index contributed by atoms with van der Waals surface area (Å²) in [5, 5.41) is 5.50. The molecule has 1 fully saturated rings. The average Bonchev–Trinajstić information content (AvgIpc) is 3.57. The number of benzene rings is 2. The van der Waals surface area contributed by atoms with Crippen molar-refractivity contribution in [1.82, 2.24) is 9.88 Å². The van der Waals surface area contributed by atoms with E-state index in [4.69, 9.17) is 13.9 Å². The Kier molecular flexibility index (Phi) is 6.68. The van der Waals surface area contributed by atoms with Gasteiger partial charge in [-0.25, -0.2) is 14.6 Å². The molecule has 36 heavy (non-hydrogen) atoms. The van der Waals surface area contributed by atoms with Crippen molar-refractivity contribution in [3.05, 3.63) is 76.0 Å². The molecule has 1 atom stereocenters. The maximum absolute atomic E-state index is 13.0. The second kappa shape index (κ2) is 10.2. The van der Waals surface area contributed by atoms with Crippen molar-refractivity contribution in [2.24, 2.45) is 0 Å². The molecule has 2 aromatic carbocycles. The molecule has 1 aliphatic heterocycles. The van der Waals surface area contributed by atoms with Gasteiger partial charge in [0.05, 0.1) is 18.4 Å². The van der Waals surface area contributed by atoms with Crippen molar-refractivity contribution in [3.63, 3.8) is 0 Å². The van der Waals surface area contributed by atoms with Crippen LogP contribution in [0.2, 0.25) is 0 Å². The molecule has 0 radical (unpaired) electrons. The van der Waals surface area contributed by atoms with E-state index in [2.05, 4.69) is 10.3 Å². The van der Waals surface area contributed by atoms with E-state index in [1.807, 2.05) is 30.3 Å². The zero-order valence-corrected chi connectivity index (χ0v) is 20.2. The summed E-state index contributed by atoms with van der Waals surface area (Å²) in [7, 11) is 1.54. The first-order valence-electron chi connectivity index (χ1n) is 11.4. The molecule has 0 unspecified atom stereocenters. The van der Waals surface area contributed by atoms with Crippen molar-refractivity contribution >= 4 is 39.4 Å². The third-order valence-corrected chi connectivity index (χ3v) is 6.71. The molecule has 10 heteroatoms. The topological polar surface area (TPSA) is 111 Å². The number of carbonyl (C=O) groups is 2. The van der Waals surface area contributed by atoms with Crippen LogP contribution in [0.25, 0.3) is 22.2 Å². The highest BCUT2D eigenvalue weighted by atomic mass is 32.1. The average molecular weight is 506 g/mol. The maximum atomic E-state index is 13.0. The van der Waals surface area contributed by atoms with E-state index >= 15 is 0 Å². The number of nitrogens with zero attached hydrogens (tertiary/aromatic N) is 2. The second-order valence-corrected chi connectivity index (χ2v) is 9.13. The SMILES string of the molecule is COc1ccc2cc(-c3csc(NC(=O)[C@@H]4CCCN4C(=O)OCc4ccccc4)n3)c(=O)oc2c1. The van der Waals surface area contributed by atoms with Crippen molar-refractivity contribution in [3.8, 4) is 17.0 Å². The van der Waals surface area contributed by atoms with Gasteiger partial charge in [0.25, 0.3) is 0 Å². The van der Waals surface area contributed by atoms with Gasteiger partial charge in [-0.1, -0.05) is 30.3 Å². The molecule has 184 valence electrons. The summed E-state index contributed by atoms with van der Waals surface area (Å²) in [6, 6.07) is 15.6. The molecule has 1 aliphatic rings. The first-order chi connectivity index (χ1) is 17.5. The van der Waals surface area contributed by atoms with Gasteiger partial charge in [0.15, 0.2) is 5.13 Å². The number of carbonyl (C=O) groups excluding carboxylic acids is 2. The summed E-state index contributed by atoms with van der Waals surface area (Å²) in [6.45, 7) is 0.583. The van der Waals surface area contributed by atoms with E-state index in [1.165, 1.54) is 23.3 Å². The predicted molar refractivity (Wildman–Crippen MR) is 135 cm³/mol. The van der Waals surface area contributed by atoms with E-state index in [0.717, 1.165) is 10.9 Å². The number of rotatable bonds is 6. The molecular weight excluding hydrogens is 482 g/mol. The number of ether oxygens (including phenoxy) is 2. The van der Waals surface area contributed by atoms with Gasteiger partial charge in [0, 0.05) is 23.4 Å². The second-order valence-electron chi connectivity index (χ2n) is 8.27. The molecule has 5 rings (SSSR count). The molecule has 3 heterocycles. The monoisotopic (exact) mass is 505 g/mol. The third-order valence-electron chi connectivity index (χ3n) is 5.95. The molecule has 9 nitrogen and oxygen atoms in total. The van der Waals surface area contributed by atoms with Crippen LogP contribution in [0.15, 0.2) is 69.2 Å². The molecule has 2 aromatic heterocycles. The molecule has 1 N–H and O–H groups in total. The van der Waals surface area contributed by atoms with Crippen LogP contribution in [0.3, 0.4) is 0 Å². The normalized spacial score (nSPS) is 15.1. The zero-order chi connectivity index (χ0) is 25.1. The Labute approximate surface area is 210 Å². The van der Waals surface area contributed by atoms with Gasteiger partial charge in [-0.15, -0.1) is 11.3 Å². The Morgan fingerprint density at radius 2 is 2.03 bits per heavy atom. The van der Waals surface area contributed by atoms with Crippen LogP contribution >= 0.6 is 11.3 Å². The summed E-state index contributed by atoms with van der Waals surface area (Å²) in [5.41, 5.74) is 1.43. The van der Waals surface area contributed by atoms with Gasteiger partial charge in [0.2, 0.25) is 5.91 Å². The van der Waals surface area contributed by atoms with Crippen molar-refractivity contribution in [2.45, 2.75) is 25.5 Å². The smallest absolute Gasteiger partial charge is 0.410 e.